The number of hydrogen-bond donors (Lipinski definition) is 4. The Morgan fingerprint density at radius 1 is 0.759 bits per heavy atom. The van der Waals surface area contributed by atoms with Gasteiger partial charge in [0.05, 0.1) is 6.10 Å². The van der Waals surface area contributed by atoms with Gasteiger partial charge in [0.15, 0.2) is 5.60 Å². The average Bonchev–Trinajstić information content (AvgIpc) is 2.69. The van der Waals surface area contributed by atoms with Gasteiger partial charge in [0.2, 0.25) is 0 Å². The molecule has 0 amide bonds. The van der Waals surface area contributed by atoms with E-state index in [9.17, 15) is 10.2 Å². The van der Waals surface area contributed by atoms with Crippen LogP contribution in [-0.2, 0) is 0 Å². The van der Waals surface area contributed by atoms with Gasteiger partial charge in [-0.15, -0.1) is 0 Å². The Kier molecular flexibility index (Phi) is 17.9. The Hall–Kier alpha value is -0.560. The Labute approximate surface area is 189 Å². The zero-order valence-electron chi connectivity index (χ0n) is 18.4. The van der Waals surface area contributed by atoms with Crippen LogP contribution in [-0.4, -0.2) is 31.9 Å². The van der Waals surface area contributed by atoms with Crippen molar-refractivity contribution in [2.75, 3.05) is 0 Å². The second kappa shape index (κ2) is 18.2. The lowest BCUT2D eigenvalue weighted by Gasteiger charge is -2.30. The van der Waals surface area contributed by atoms with Crippen LogP contribution in [0.2, 0.25) is 0 Å². The maximum Gasteiger partial charge on any atom is 0.190 e. The second-order valence-corrected chi connectivity index (χ2v) is 8.97. The molecule has 1 unspecified atom stereocenters. The summed E-state index contributed by atoms with van der Waals surface area (Å²) >= 11 is 9.60. The molecule has 0 aliphatic heterocycles. The number of allylic oxidation sites excluding steroid dienone is 2. The van der Waals surface area contributed by atoms with Crippen LogP contribution < -0.4 is 11.5 Å². The van der Waals surface area contributed by atoms with E-state index in [4.69, 9.17) is 35.9 Å². The van der Waals surface area contributed by atoms with Crippen LogP contribution in [0, 0.1) is 0 Å². The van der Waals surface area contributed by atoms with E-state index in [-0.39, 0.29) is 9.98 Å². The fourth-order valence-electron chi connectivity index (χ4n) is 3.42. The molecule has 0 aromatic heterocycles. The highest BCUT2D eigenvalue weighted by Crippen LogP contribution is 2.19. The molecule has 0 saturated heterocycles. The van der Waals surface area contributed by atoms with Crippen molar-refractivity contribution in [3.05, 3.63) is 12.2 Å². The SMILES string of the molecule is CCCCCCCC/C=C\CCCCCCCCCC(O)C(O)(C(N)=S)C(N)=S. The molecule has 29 heavy (non-hydrogen) atoms. The number of unbranched alkanes of at least 4 members (excludes halogenated alkanes) is 13. The quantitative estimate of drug-likeness (QED) is 0.113. The molecule has 0 saturated carbocycles. The summed E-state index contributed by atoms with van der Waals surface area (Å²) in [6.45, 7) is 2.26. The molecule has 0 spiro atoms. The summed E-state index contributed by atoms with van der Waals surface area (Å²) in [5.41, 5.74) is 9.04. The molecule has 0 fully saturated rings. The van der Waals surface area contributed by atoms with Crippen molar-refractivity contribution in [2.24, 2.45) is 11.5 Å². The van der Waals surface area contributed by atoms with Crippen LogP contribution in [0.1, 0.15) is 110 Å². The molecule has 0 aliphatic carbocycles. The first-order chi connectivity index (χ1) is 13.9. The van der Waals surface area contributed by atoms with Gasteiger partial charge in [-0.2, -0.15) is 0 Å². The van der Waals surface area contributed by atoms with Crippen LogP contribution in [0.3, 0.4) is 0 Å². The van der Waals surface area contributed by atoms with Gasteiger partial charge in [0, 0.05) is 0 Å². The summed E-state index contributed by atoms with van der Waals surface area (Å²) in [6, 6.07) is 0. The van der Waals surface area contributed by atoms with E-state index in [1.165, 1.54) is 77.0 Å². The maximum atomic E-state index is 10.3. The molecular formula is C23H44N2O2S2. The Balaban J connectivity index is 3.53. The predicted molar refractivity (Wildman–Crippen MR) is 133 cm³/mol. The standard InChI is InChI=1S/C23H44N2O2S2/c1-2-3-4-5-6-7-8-9-10-11-12-13-14-15-16-17-18-19-20(26)23(27,21(24)28)22(25)29/h9-10,20,26-27H,2-8,11-19H2,1H3,(H2,24,28)(H2,25,29)/b10-9-. The second-order valence-electron chi connectivity index (χ2n) is 8.09. The van der Waals surface area contributed by atoms with E-state index >= 15 is 0 Å². The van der Waals surface area contributed by atoms with Crippen LogP contribution in [0.15, 0.2) is 12.2 Å². The smallest absolute Gasteiger partial charge is 0.190 e. The van der Waals surface area contributed by atoms with Gasteiger partial charge in [-0.25, -0.2) is 0 Å². The highest BCUT2D eigenvalue weighted by atomic mass is 32.1. The third-order valence-corrected chi connectivity index (χ3v) is 6.10. The van der Waals surface area contributed by atoms with E-state index in [1.54, 1.807) is 0 Å². The lowest BCUT2D eigenvalue weighted by molar-refractivity contribution is 0.0171. The van der Waals surface area contributed by atoms with E-state index in [0.717, 1.165) is 19.3 Å². The topological polar surface area (TPSA) is 92.5 Å². The lowest BCUT2D eigenvalue weighted by atomic mass is 9.92. The van der Waals surface area contributed by atoms with Gasteiger partial charge in [0.25, 0.3) is 0 Å². The Morgan fingerprint density at radius 3 is 1.55 bits per heavy atom. The fourth-order valence-corrected chi connectivity index (χ4v) is 3.98. The minimum atomic E-state index is -1.94. The molecule has 0 radical (unpaired) electrons. The highest BCUT2D eigenvalue weighted by molar-refractivity contribution is 7.82. The molecular weight excluding hydrogens is 400 g/mol. The minimum absolute atomic E-state index is 0.265. The fraction of sp³-hybridized carbons (Fsp3) is 0.826. The van der Waals surface area contributed by atoms with Crippen LogP contribution >= 0.6 is 24.4 Å². The largest absolute Gasteiger partial charge is 0.390 e. The summed E-state index contributed by atoms with van der Waals surface area (Å²) in [5, 5.41) is 20.4. The molecule has 0 aromatic carbocycles. The lowest BCUT2D eigenvalue weighted by Crippen LogP contribution is -2.60. The van der Waals surface area contributed by atoms with Crippen molar-refractivity contribution in [3.63, 3.8) is 0 Å². The van der Waals surface area contributed by atoms with E-state index in [2.05, 4.69) is 19.1 Å². The Bertz CT molecular complexity index is 456. The summed E-state index contributed by atoms with van der Waals surface area (Å²) < 4.78 is 0. The third-order valence-electron chi connectivity index (χ3n) is 5.47. The summed E-state index contributed by atoms with van der Waals surface area (Å²) in [4.78, 5) is -0.531. The molecule has 1 atom stereocenters. The number of rotatable bonds is 20. The van der Waals surface area contributed by atoms with E-state index in [0.29, 0.717) is 6.42 Å². The monoisotopic (exact) mass is 444 g/mol. The zero-order chi connectivity index (χ0) is 22.0. The third kappa shape index (κ3) is 13.4. The highest BCUT2D eigenvalue weighted by Gasteiger charge is 2.41. The number of aliphatic hydroxyl groups excluding tert-OH is 1. The molecule has 0 heterocycles. The molecule has 0 aromatic rings. The van der Waals surface area contributed by atoms with Crippen molar-refractivity contribution in [2.45, 2.75) is 121 Å². The molecule has 0 aliphatic rings. The number of hydrogen-bond acceptors (Lipinski definition) is 4. The normalized spacial score (nSPS) is 13.1. The summed E-state index contributed by atoms with van der Waals surface area (Å²) in [7, 11) is 0. The first-order valence-electron chi connectivity index (χ1n) is 11.5. The number of thiocarbonyl (C=S) groups is 2. The number of aliphatic hydroxyl groups is 2. The van der Waals surface area contributed by atoms with Gasteiger partial charge in [0.1, 0.15) is 9.98 Å². The molecule has 6 N–H and O–H groups in total. The van der Waals surface area contributed by atoms with Crippen molar-refractivity contribution in [1.82, 2.24) is 0 Å². The van der Waals surface area contributed by atoms with Gasteiger partial charge in [-0.05, 0) is 32.1 Å². The van der Waals surface area contributed by atoms with Crippen molar-refractivity contribution in [3.8, 4) is 0 Å². The van der Waals surface area contributed by atoms with E-state index < -0.39 is 11.7 Å². The zero-order valence-corrected chi connectivity index (χ0v) is 20.0. The molecule has 4 nitrogen and oxygen atoms in total. The van der Waals surface area contributed by atoms with Crippen molar-refractivity contribution < 1.29 is 10.2 Å². The molecule has 170 valence electrons. The molecule has 6 heteroatoms. The van der Waals surface area contributed by atoms with Crippen LogP contribution in [0.25, 0.3) is 0 Å². The van der Waals surface area contributed by atoms with E-state index in [1.807, 2.05) is 0 Å². The summed E-state index contributed by atoms with van der Waals surface area (Å²) in [5.74, 6) is 0. The van der Waals surface area contributed by atoms with Gasteiger partial charge < -0.3 is 21.7 Å². The van der Waals surface area contributed by atoms with Gasteiger partial charge >= 0.3 is 0 Å². The minimum Gasteiger partial charge on any atom is -0.390 e. The summed E-state index contributed by atoms with van der Waals surface area (Å²) in [6.07, 6.45) is 22.5. The van der Waals surface area contributed by atoms with Gasteiger partial charge in [-0.1, -0.05) is 114 Å². The van der Waals surface area contributed by atoms with Crippen molar-refractivity contribution >= 4 is 34.4 Å². The van der Waals surface area contributed by atoms with Gasteiger partial charge in [-0.3, -0.25) is 0 Å². The Morgan fingerprint density at radius 2 is 1.14 bits per heavy atom. The van der Waals surface area contributed by atoms with Crippen LogP contribution in [0.5, 0.6) is 0 Å². The predicted octanol–water partition coefficient (Wildman–Crippen LogP) is 5.47. The molecule has 0 bridgehead atoms. The molecule has 0 rings (SSSR count). The maximum absolute atomic E-state index is 10.3. The number of nitrogens with two attached hydrogens (primary N) is 2. The first kappa shape index (κ1) is 28.4. The van der Waals surface area contributed by atoms with Crippen LogP contribution in [0.4, 0.5) is 0 Å². The average molecular weight is 445 g/mol. The first-order valence-corrected chi connectivity index (χ1v) is 12.3. The van der Waals surface area contributed by atoms with Crippen molar-refractivity contribution in [1.29, 1.82) is 0 Å².